The summed E-state index contributed by atoms with van der Waals surface area (Å²) in [5.41, 5.74) is 1.90. The Hall–Kier alpha value is -3.89. The van der Waals surface area contributed by atoms with E-state index in [0.29, 0.717) is 40.9 Å². The van der Waals surface area contributed by atoms with Gasteiger partial charge in [0.2, 0.25) is 5.91 Å². The lowest BCUT2D eigenvalue weighted by Crippen LogP contribution is -2.30. The van der Waals surface area contributed by atoms with Gasteiger partial charge in [-0.15, -0.1) is 0 Å². The number of carbonyl (C=O) groups excluding carboxylic acids is 1. The Bertz CT molecular complexity index is 1540. The zero-order valence-electron chi connectivity index (χ0n) is 22.2. The normalized spacial score (nSPS) is 14.2. The van der Waals surface area contributed by atoms with E-state index in [2.05, 4.69) is 20.6 Å². The van der Waals surface area contributed by atoms with Crippen molar-refractivity contribution < 1.29 is 27.4 Å². The molecule has 0 unspecified atom stereocenters. The van der Waals surface area contributed by atoms with Gasteiger partial charge in [-0.1, -0.05) is 29.8 Å². The molecule has 11 heteroatoms. The standard InChI is InChI=1S/C30H28ClF3N4O3/c1-40-26-14-22-25(15-27(26)41-16-18-8-10-35-11-9-18)36-17-37-29(22)20-3-5-21(6-4-20)38-28(39)13-19-2-7-24(31)23(12-19)30(32,33)34/h2-7,12,14-15,17-18,35H,8-11,13,16H2,1H3,(H,38,39). The van der Waals surface area contributed by atoms with Crippen LogP contribution in [0.1, 0.15) is 24.0 Å². The summed E-state index contributed by atoms with van der Waals surface area (Å²) in [7, 11) is 1.59. The van der Waals surface area contributed by atoms with E-state index in [4.69, 9.17) is 21.1 Å². The van der Waals surface area contributed by atoms with Gasteiger partial charge in [0.25, 0.3) is 0 Å². The summed E-state index contributed by atoms with van der Waals surface area (Å²) in [6.07, 6.45) is -1.22. The van der Waals surface area contributed by atoms with Gasteiger partial charge in [-0.3, -0.25) is 4.79 Å². The third-order valence-corrected chi connectivity index (χ3v) is 7.33. The van der Waals surface area contributed by atoms with E-state index >= 15 is 0 Å². The predicted octanol–water partition coefficient (Wildman–Crippen LogP) is 6.54. The van der Waals surface area contributed by atoms with E-state index in [9.17, 15) is 18.0 Å². The largest absolute Gasteiger partial charge is 0.493 e. The van der Waals surface area contributed by atoms with E-state index in [0.717, 1.165) is 49.0 Å². The van der Waals surface area contributed by atoms with Gasteiger partial charge in [0.05, 0.1) is 41.9 Å². The maximum Gasteiger partial charge on any atom is 0.417 e. The quantitative estimate of drug-likeness (QED) is 0.245. The van der Waals surface area contributed by atoms with Crippen LogP contribution in [0.15, 0.2) is 60.9 Å². The minimum Gasteiger partial charge on any atom is -0.493 e. The maximum atomic E-state index is 13.1. The molecular weight excluding hydrogens is 557 g/mol. The molecular formula is C30H28ClF3N4O3. The summed E-state index contributed by atoms with van der Waals surface area (Å²) in [5, 5.41) is 6.44. The number of anilines is 1. The number of methoxy groups -OCH3 is 1. The van der Waals surface area contributed by atoms with Crippen molar-refractivity contribution in [2.45, 2.75) is 25.4 Å². The number of nitrogens with one attached hydrogen (secondary N) is 2. The Labute approximate surface area is 240 Å². The van der Waals surface area contributed by atoms with Gasteiger partial charge in [-0.05, 0) is 67.7 Å². The van der Waals surface area contributed by atoms with Crippen LogP contribution >= 0.6 is 11.6 Å². The first kappa shape index (κ1) is 28.6. The fourth-order valence-electron chi connectivity index (χ4n) is 4.82. The third-order valence-electron chi connectivity index (χ3n) is 7.00. The van der Waals surface area contributed by atoms with Gasteiger partial charge in [0.15, 0.2) is 11.5 Å². The molecule has 1 saturated heterocycles. The molecule has 0 bridgehead atoms. The van der Waals surface area contributed by atoms with Crippen LogP contribution in [-0.2, 0) is 17.4 Å². The van der Waals surface area contributed by atoms with Crippen molar-refractivity contribution in [1.29, 1.82) is 0 Å². The van der Waals surface area contributed by atoms with Gasteiger partial charge >= 0.3 is 6.18 Å². The molecule has 2 heterocycles. The topological polar surface area (TPSA) is 85.4 Å². The second kappa shape index (κ2) is 12.3. The second-order valence-electron chi connectivity index (χ2n) is 9.86. The molecule has 1 amide bonds. The van der Waals surface area contributed by atoms with Crippen molar-refractivity contribution in [2.24, 2.45) is 5.92 Å². The number of halogens is 4. The van der Waals surface area contributed by atoms with Crippen LogP contribution in [-0.4, -0.2) is 42.7 Å². The zero-order valence-corrected chi connectivity index (χ0v) is 23.0. The number of benzene rings is 3. The first-order valence-electron chi connectivity index (χ1n) is 13.1. The van der Waals surface area contributed by atoms with E-state index in [-0.39, 0.29) is 12.0 Å². The molecule has 4 aromatic rings. The molecule has 0 aliphatic carbocycles. The molecule has 1 aliphatic heterocycles. The van der Waals surface area contributed by atoms with Gasteiger partial charge < -0.3 is 20.1 Å². The lowest BCUT2D eigenvalue weighted by molar-refractivity contribution is -0.137. The summed E-state index contributed by atoms with van der Waals surface area (Å²) < 4.78 is 51.2. The summed E-state index contributed by atoms with van der Waals surface area (Å²) in [6, 6.07) is 14.2. The lowest BCUT2D eigenvalue weighted by atomic mass is 9.99. The molecule has 0 spiro atoms. The van der Waals surface area contributed by atoms with E-state index in [1.54, 1.807) is 31.4 Å². The molecule has 0 saturated carbocycles. The predicted molar refractivity (Wildman–Crippen MR) is 151 cm³/mol. The van der Waals surface area contributed by atoms with Crippen LogP contribution in [0.3, 0.4) is 0 Å². The Morgan fingerprint density at radius 1 is 1.05 bits per heavy atom. The minimum absolute atomic E-state index is 0.205. The van der Waals surface area contributed by atoms with E-state index in [1.807, 2.05) is 12.1 Å². The van der Waals surface area contributed by atoms with Crippen molar-refractivity contribution in [3.63, 3.8) is 0 Å². The fourth-order valence-corrected chi connectivity index (χ4v) is 5.05. The summed E-state index contributed by atoms with van der Waals surface area (Å²) in [4.78, 5) is 21.4. The molecule has 1 aromatic heterocycles. The van der Waals surface area contributed by atoms with Gasteiger partial charge in [0, 0.05) is 22.7 Å². The molecule has 3 aromatic carbocycles. The summed E-state index contributed by atoms with van der Waals surface area (Å²) in [6.45, 7) is 2.59. The number of piperidine rings is 1. The van der Waals surface area contributed by atoms with Crippen LogP contribution in [0, 0.1) is 5.92 Å². The number of amides is 1. The summed E-state index contributed by atoms with van der Waals surface area (Å²) in [5.74, 6) is 1.24. The zero-order chi connectivity index (χ0) is 29.0. The molecule has 1 fully saturated rings. The Morgan fingerprint density at radius 3 is 2.51 bits per heavy atom. The Morgan fingerprint density at radius 2 is 1.80 bits per heavy atom. The van der Waals surface area contributed by atoms with Crippen molar-refractivity contribution in [3.8, 4) is 22.8 Å². The number of alkyl halides is 3. The molecule has 7 nitrogen and oxygen atoms in total. The number of hydrogen-bond acceptors (Lipinski definition) is 6. The molecule has 0 radical (unpaired) electrons. The average Bonchev–Trinajstić information content (AvgIpc) is 2.96. The van der Waals surface area contributed by atoms with Crippen LogP contribution in [0.2, 0.25) is 5.02 Å². The van der Waals surface area contributed by atoms with Crippen molar-refractivity contribution >= 4 is 34.1 Å². The van der Waals surface area contributed by atoms with E-state index in [1.165, 1.54) is 12.4 Å². The van der Waals surface area contributed by atoms with Crippen LogP contribution < -0.4 is 20.1 Å². The monoisotopic (exact) mass is 584 g/mol. The number of aromatic nitrogens is 2. The first-order valence-corrected chi connectivity index (χ1v) is 13.5. The SMILES string of the molecule is COc1cc2c(-c3ccc(NC(=O)Cc4ccc(Cl)c(C(F)(F)F)c4)cc3)ncnc2cc1OCC1CCNCC1. The van der Waals surface area contributed by atoms with Crippen molar-refractivity contribution in [3.05, 3.63) is 77.1 Å². The number of ether oxygens (including phenoxy) is 2. The highest BCUT2D eigenvalue weighted by molar-refractivity contribution is 6.31. The molecule has 41 heavy (non-hydrogen) atoms. The number of nitrogens with zero attached hydrogens (tertiary/aromatic N) is 2. The maximum absolute atomic E-state index is 13.1. The molecule has 0 atom stereocenters. The summed E-state index contributed by atoms with van der Waals surface area (Å²) >= 11 is 5.67. The molecule has 1 aliphatic rings. The van der Waals surface area contributed by atoms with Gasteiger partial charge in [0.1, 0.15) is 6.33 Å². The van der Waals surface area contributed by atoms with Crippen LogP contribution in [0.5, 0.6) is 11.5 Å². The highest BCUT2D eigenvalue weighted by Gasteiger charge is 2.33. The highest BCUT2D eigenvalue weighted by atomic mass is 35.5. The van der Waals surface area contributed by atoms with Crippen molar-refractivity contribution in [2.75, 3.05) is 32.1 Å². The number of hydrogen-bond donors (Lipinski definition) is 2. The van der Waals surface area contributed by atoms with Gasteiger partial charge in [-0.2, -0.15) is 13.2 Å². The number of fused-ring (bicyclic) bond motifs is 1. The van der Waals surface area contributed by atoms with Crippen LogP contribution in [0.25, 0.3) is 22.2 Å². The Balaban J connectivity index is 1.30. The molecule has 214 valence electrons. The lowest BCUT2D eigenvalue weighted by Gasteiger charge is -2.23. The highest BCUT2D eigenvalue weighted by Crippen LogP contribution is 2.37. The van der Waals surface area contributed by atoms with Gasteiger partial charge in [-0.25, -0.2) is 9.97 Å². The number of carbonyl (C=O) groups is 1. The third kappa shape index (κ3) is 6.89. The smallest absolute Gasteiger partial charge is 0.417 e. The van der Waals surface area contributed by atoms with Crippen LogP contribution in [0.4, 0.5) is 18.9 Å². The molecule has 2 N–H and O–H groups in total. The minimum atomic E-state index is -4.60. The number of rotatable bonds is 8. The second-order valence-corrected chi connectivity index (χ2v) is 10.3. The van der Waals surface area contributed by atoms with Crippen molar-refractivity contribution in [1.82, 2.24) is 15.3 Å². The fraction of sp³-hybridized carbons (Fsp3) is 0.300. The Kier molecular flexibility index (Phi) is 8.60. The average molecular weight is 585 g/mol. The molecule has 5 rings (SSSR count). The first-order chi connectivity index (χ1) is 19.7. The van der Waals surface area contributed by atoms with E-state index < -0.39 is 22.7 Å².